The Hall–Kier alpha value is -0.570. The normalized spacial score (nSPS) is 30.1. The molecule has 2 N–H and O–H groups in total. The first-order valence-electron chi connectivity index (χ1n) is 6.69. The zero-order valence-electron chi connectivity index (χ0n) is 11.7. The molecule has 0 radical (unpaired) electrons. The van der Waals surface area contributed by atoms with Crippen LogP contribution in [0.15, 0.2) is 0 Å². The number of carbonyl (C=O) groups excluding carboxylic acids is 1. The monoisotopic (exact) mass is 241 g/mol. The fraction of sp³-hybridized carbons (Fsp3) is 0.929. The highest BCUT2D eigenvalue weighted by atomic mass is 16.5. The van der Waals surface area contributed by atoms with Crippen LogP contribution in [0.1, 0.15) is 59.3 Å². The van der Waals surface area contributed by atoms with Crippen LogP contribution < -0.4 is 5.73 Å². The molecular weight excluding hydrogens is 214 g/mol. The Morgan fingerprint density at radius 2 is 1.94 bits per heavy atom. The summed E-state index contributed by atoms with van der Waals surface area (Å²) in [6.07, 6.45) is 5.71. The van der Waals surface area contributed by atoms with E-state index >= 15 is 0 Å². The molecule has 0 unspecified atom stereocenters. The van der Waals surface area contributed by atoms with E-state index in [1.807, 2.05) is 0 Å². The molecule has 0 aromatic heterocycles. The van der Waals surface area contributed by atoms with Crippen LogP contribution in [0.2, 0.25) is 0 Å². The SMILES string of the molecule is CCC(C)(C)C1CCC(N)(CC(=O)OC)CC1. The summed E-state index contributed by atoms with van der Waals surface area (Å²) in [7, 11) is 1.43. The zero-order chi connectivity index (χ0) is 13.1. The maximum absolute atomic E-state index is 11.3. The van der Waals surface area contributed by atoms with Gasteiger partial charge < -0.3 is 10.5 Å². The van der Waals surface area contributed by atoms with Crippen molar-refractivity contribution in [3.05, 3.63) is 0 Å². The lowest BCUT2D eigenvalue weighted by Gasteiger charge is -2.42. The second-order valence-electron chi connectivity index (χ2n) is 6.23. The zero-order valence-corrected chi connectivity index (χ0v) is 11.7. The second kappa shape index (κ2) is 5.38. The van der Waals surface area contributed by atoms with Crippen molar-refractivity contribution < 1.29 is 9.53 Å². The van der Waals surface area contributed by atoms with Crippen LogP contribution >= 0.6 is 0 Å². The predicted molar refractivity (Wildman–Crippen MR) is 69.6 cm³/mol. The Kier molecular flexibility index (Phi) is 4.59. The molecule has 0 spiro atoms. The van der Waals surface area contributed by atoms with Crippen molar-refractivity contribution in [2.45, 2.75) is 64.8 Å². The summed E-state index contributed by atoms with van der Waals surface area (Å²) in [6.45, 7) is 6.92. The summed E-state index contributed by atoms with van der Waals surface area (Å²) < 4.78 is 4.71. The van der Waals surface area contributed by atoms with Crippen LogP contribution in [0.4, 0.5) is 0 Å². The summed E-state index contributed by atoms with van der Waals surface area (Å²) in [5.41, 5.74) is 6.35. The number of carbonyl (C=O) groups is 1. The molecular formula is C14H27NO2. The van der Waals surface area contributed by atoms with Crippen molar-refractivity contribution in [1.29, 1.82) is 0 Å². The number of ether oxygens (including phenoxy) is 1. The summed E-state index contributed by atoms with van der Waals surface area (Å²) >= 11 is 0. The van der Waals surface area contributed by atoms with Crippen LogP contribution in [0.3, 0.4) is 0 Å². The van der Waals surface area contributed by atoms with Gasteiger partial charge in [0, 0.05) is 5.54 Å². The summed E-state index contributed by atoms with van der Waals surface area (Å²) in [5.74, 6) is 0.558. The molecule has 0 amide bonds. The largest absolute Gasteiger partial charge is 0.469 e. The van der Waals surface area contributed by atoms with Crippen LogP contribution in [-0.2, 0) is 9.53 Å². The van der Waals surface area contributed by atoms with E-state index in [0.717, 1.165) is 31.6 Å². The molecule has 100 valence electrons. The lowest BCUT2D eigenvalue weighted by Crippen LogP contribution is -2.47. The highest BCUT2D eigenvalue weighted by Crippen LogP contribution is 2.43. The van der Waals surface area contributed by atoms with E-state index in [-0.39, 0.29) is 11.5 Å². The van der Waals surface area contributed by atoms with E-state index in [1.54, 1.807) is 0 Å². The van der Waals surface area contributed by atoms with E-state index in [9.17, 15) is 4.79 Å². The molecule has 17 heavy (non-hydrogen) atoms. The van der Waals surface area contributed by atoms with Crippen molar-refractivity contribution in [3.63, 3.8) is 0 Å². The van der Waals surface area contributed by atoms with Gasteiger partial charge in [0.05, 0.1) is 13.5 Å². The second-order valence-corrected chi connectivity index (χ2v) is 6.23. The number of hydrogen-bond acceptors (Lipinski definition) is 3. The lowest BCUT2D eigenvalue weighted by atomic mass is 9.65. The number of nitrogens with two attached hydrogens (primary N) is 1. The molecule has 3 nitrogen and oxygen atoms in total. The predicted octanol–water partition coefficient (Wildman–Crippen LogP) is 2.87. The fourth-order valence-electron chi connectivity index (χ4n) is 2.80. The van der Waals surface area contributed by atoms with Crippen LogP contribution in [0.5, 0.6) is 0 Å². The van der Waals surface area contributed by atoms with Crippen molar-refractivity contribution >= 4 is 5.97 Å². The molecule has 1 aliphatic rings. The minimum atomic E-state index is -0.326. The van der Waals surface area contributed by atoms with E-state index < -0.39 is 0 Å². The van der Waals surface area contributed by atoms with Gasteiger partial charge in [-0.1, -0.05) is 27.2 Å². The fourth-order valence-corrected chi connectivity index (χ4v) is 2.80. The maximum Gasteiger partial charge on any atom is 0.307 e. The van der Waals surface area contributed by atoms with Gasteiger partial charge in [0.15, 0.2) is 0 Å². The number of methoxy groups -OCH3 is 1. The molecule has 1 aliphatic carbocycles. The maximum atomic E-state index is 11.3. The Morgan fingerprint density at radius 1 is 1.41 bits per heavy atom. The van der Waals surface area contributed by atoms with Crippen molar-refractivity contribution in [2.24, 2.45) is 17.1 Å². The molecule has 0 bridgehead atoms. The topological polar surface area (TPSA) is 52.3 Å². The van der Waals surface area contributed by atoms with Gasteiger partial charge >= 0.3 is 5.97 Å². The van der Waals surface area contributed by atoms with E-state index in [4.69, 9.17) is 10.5 Å². The molecule has 1 fully saturated rings. The molecule has 0 aromatic carbocycles. The third-order valence-corrected chi connectivity index (χ3v) is 4.72. The highest BCUT2D eigenvalue weighted by Gasteiger charge is 2.38. The van der Waals surface area contributed by atoms with Crippen LogP contribution in [0.25, 0.3) is 0 Å². The first kappa shape index (κ1) is 14.5. The van der Waals surface area contributed by atoms with Gasteiger partial charge in [-0.3, -0.25) is 4.79 Å². The summed E-state index contributed by atoms with van der Waals surface area (Å²) in [6, 6.07) is 0. The molecule has 3 heteroatoms. The van der Waals surface area contributed by atoms with E-state index in [0.29, 0.717) is 11.8 Å². The minimum Gasteiger partial charge on any atom is -0.469 e. The minimum absolute atomic E-state index is 0.180. The van der Waals surface area contributed by atoms with Gasteiger partial charge in [0.25, 0.3) is 0 Å². The molecule has 0 saturated heterocycles. The Labute approximate surface area is 105 Å². The van der Waals surface area contributed by atoms with Crippen molar-refractivity contribution in [1.82, 2.24) is 0 Å². The third-order valence-electron chi connectivity index (χ3n) is 4.72. The van der Waals surface area contributed by atoms with Crippen LogP contribution in [0, 0.1) is 11.3 Å². The molecule has 1 saturated carbocycles. The standard InChI is InChI=1S/C14H27NO2/c1-5-13(2,3)11-6-8-14(15,9-7-11)10-12(16)17-4/h11H,5-10,15H2,1-4H3. The molecule has 0 heterocycles. The van der Waals surface area contributed by atoms with Crippen molar-refractivity contribution in [2.75, 3.05) is 7.11 Å². The number of hydrogen-bond donors (Lipinski definition) is 1. The molecule has 0 aromatic rings. The quantitative estimate of drug-likeness (QED) is 0.770. The average Bonchev–Trinajstić information content (AvgIpc) is 2.29. The Morgan fingerprint density at radius 3 is 2.35 bits per heavy atom. The van der Waals surface area contributed by atoms with Gasteiger partial charge in [0.1, 0.15) is 0 Å². The van der Waals surface area contributed by atoms with Gasteiger partial charge in [-0.25, -0.2) is 0 Å². The Balaban J connectivity index is 2.52. The average molecular weight is 241 g/mol. The highest BCUT2D eigenvalue weighted by molar-refractivity contribution is 5.70. The first-order chi connectivity index (χ1) is 7.83. The lowest BCUT2D eigenvalue weighted by molar-refractivity contribution is -0.142. The van der Waals surface area contributed by atoms with E-state index in [1.165, 1.54) is 13.5 Å². The molecule has 0 aliphatic heterocycles. The van der Waals surface area contributed by atoms with Gasteiger partial charge in [-0.2, -0.15) is 0 Å². The van der Waals surface area contributed by atoms with Gasteiger partial charge in [-0.15, -0.1) is 0 Å². The molecule has 0 atom stereocenters. The van der Waals surface area contributed by atoms with Crippen molar-refractivity contribution in [3.8, 4) is 0 Å². The smallest absolute Gasteiger partial charge is 0.307 e. The first-order valence-corrected chi connectivity index (χ1v) is 6.69. The Bertz CT molecular complexity index is 265. The number of rotatable bonds is 4. The summed E-state index contributed by atoms with van der Waals surface area (Å²) in [4.78, 5) is 11.3. The molecule has 1 rings (SSSR count). The number of esters is 1. The van der Waals surface area contributed by atoms with Gasteiger partial charge in [0.2, 0.25) is 0 Å². The summed E-state index contributed by atoms with van der Waals surface area (Å²) in [5, 5.41) is 0. The van der Waals surface area contributed by atoms with Gasteiger partial charge in [-0.05, 0) is 37.0 Å². The van der Waals surface area contributed by atoms with E-state index in [2.05, 4.69) is 20.8 Å². The third kappa shape index (κ3) is 3.70. The van der Waals surface area contributed by atoms with Crippen LogP contribution in [-0.4, -0.2) is 18.6 Å².